The first kappa shape index (κ1) is 14.2. The molecule has 4 heteroatoms. The highest BCUT2D eigenvalue weighted by molar-refractivity contribution is 5.85. The minimum atomic E-state index is 0.551. The van der Waals surface area contributed by atoms with Crippen molar-refractivity contribution in [2.75, 3.05) is 5.32 Å². The molecule has 1 aliphatic heterocycles. The molecule has 0 bridgehead atoms. The monoisotopic (exact) mass is 306 g/mol. The molecule has 1 N–H and O–H groups in total. The van der Waals surface area contributed by atoms with Crippen molar-refractivity contribution in [2.24, 2.45) is 7.05 Å². The van der Waals surface area contributed by atoms with E-state index in [9.17, 15) is 0 Å². The van der Waals surface area contributed by atoms with Crippen LogP contribution in [0.15, 0.2) is 36.7 Å². The van der Waals surface area contributed by atoms with Crippen LogP contribution in [0.5, 0.6) is 0 Å². The van der Waals surface area contributed by atoms with E-state index in [1.807, 2.05) is 12.4 Å². The van der Waals surface area contributed by atoms with Crippen molar-refractivity contribution in [1.29, 1.82) is 0 Å². The van der Waals surface area contributed by atoms with Crippen LogP contribution < -0.4 is 5.32 Å². The number of aryl methyl sites for hydroxylation is 4. The number of pyridine rings is 1. The van der Waals surface area contributed by atoms with Crippen LogP contribution in [0.1, 0.15) is 30.3 Å². The molecule has 0 spiro atoms. The van der Waals surface area contributed by atoms with Crippen LogP contribution in [-0.2, 0) is 26.3 Å². The Bertz CT molecular complexity index is 835. The third-order valence-corrected chi connectivity index (χ3v) is 4.87. The first-order valence-electron chi connectivity index (χ1n) is 8.35. The van der Waals surface area contributed by atoms with Crippen molar-refractivity contribution < 1.29 is 0 Å². The summed E-state index contributed by atoms with van der Waals surface area (Å²) in [6.07, 6.45) is 7.95. The van der Waals surface area contributed by atoms with Crippen LogP contribution in [0.2, 0.25) is 0 Å². The van der Waals surface area contributed by atoms with E-state index in [0.717, 1.165) is 25.1 Å². The maximum atomic E-state index is 4.97. The van der Waals surface area contributed by atoms with Crippen molar-refractivity contribution in [2.45, 2.75) is 38.6 Å². The van der Waals surface area contributed by atoms with Gasteiger partial charge in [-0.15, -0.1) is 0 Å². The van der Waals surface area contributed by atoms with Crippen LogP contribution in [0, 0.1) is 0 Å². The maximum Gasteiger partial charge on any atom is 0.109 e. The van der Waals surface area contributed by atoms with E-state index in [4.69, 9.17) is 4.98 Å². The van der Waals surface area contributed by atoms with E-state index < -0.39 is 0 Å². The minimum Gasteiger partial charge on any atom is -0.382 e. The molecule has 3 heterocycles. The summed E-state index contributed by atoms with van der Waals surface area (Å²) in [5, 5.41) is 3.58. The molecule has 2 aromatic heterocycles. The predicted molar refractivity (Wildman–Crippen MR) is 93.8 cm³/mol. The second kappa shape index (κ2) is 5.69. The highest BCUT2D eigenvalue weighted by atomic mass is 15.1. The van der Waals surface area contributed by atoms with Gasteiger partial charge in [0.05, 0.1) is 11.0 Å². The Labute approximate surface area is 136 Å². The summed E-state index contributed by atoms with van der Waals surface area (Å²) in [5.74, 6) is 1.16. The molecule has 0 amide bonds. The molecule has 118 valence electrons. The van der Waals surface area contributed by atoms with Gasteiger partial charge >= 0.3 is 0 Å². The molecule has 1 aliphatic rings. The summed E-state index contributed by atoms with van der Waals surface area (Å²) in [4.78, 5) is 9.05. The molecular formula is C19H22N4. The molecule has 0 radical (unpaired) electrons. The summed E-state index contributed by atoms with van der Waals surface area (Å²) < 4.78 is 2.24. The molecule has 23 heavy (non-hydrogen) atoms. The van der Waals surface area contributed by atoms with Crippen molar-refractivity contribution in [3.8, 4) is 0 Å². The van der Waals surface area contributed by atoms with Crippen LogP contribution in [0.3, 0.4) is 0 Å². The summed E-state index contributed by atoms with van der Waals surface area (Å²) in [7, 11) is 2.13. The summed E-state index contributed by atoms with van der Waals surface area (Å²) in [6, 6.07) is 9.12. The van der Waals surface area contributed by atoms with Gasteiger partial charge in [-0.05, 0) is 56.0 Å². The molecule has 1 aromatic carbocycles. The number of fused-ring (bicyclic) bond motifs is 3. The molecular weight excluding hydrogens is 284 g/mol. The van der Waals surface area contributed by atoms with E-state index in [0.29, 0.717) is 6.04 Å². The Hall–Kier alpha value is -2.36. The molecule has 0 unspecified atom stereocenters. The van der Waals surface area contributed by atoms with Gasteiger partial charge in [0.25, 0.3) is 0 Å². The molecule has 0 aliphatic carbocycles. The van der Waals surface area contributed by atoms with E-state index in [2.05, 4.69) is 53.1 Å². The fourth-order valence-electron chi connectivity index (χ4n) is 3.48. The number of hydrogen-bond donors (Lipinski definition) is 1. The molecule has 1 atom stereocenters. The van der Waals surface area contributed by atoms with Gasteiger partial charge in [0, 0.05) is 43.2 Å². The highest BCUT2D eigenvalue weighted by Crippen LogP contribution is 2.31. The number of nitrogens with one attached hydrogen (secondary N) is 1. The van der Waals surface area contributed by atoms with Crippen LogP contribution in [-0.4, -0.2) is 20.6 Å². The Morgan fingerprint density at radius 2 is 2.00 bits per heavy atom. The fourth-order valence-corrected chi connectivity index (χ4v) is 3.48. The lowest BCUT2D eigenvalue weighted by Crippen LogP contribution is -2.22. The second-order valence-electron chi connectivity index (χ2n) is 6.49. The van der Waals surface area contributed by atoms with Gasteiger partial charge in [-0.3, -0.25) is 4.98 Å². The van der Waals surface area contributed by atoms with Crippen molar-refractivity contribution in [1.82, 2.24) is 14.5 Å². The molecule has 4 rings (SSSR count). The highest BCUT2D eigenvalue weighted by Gasteiger charge is 2.19. The SMILES string of the molecule is C[C@H]1CCc2c(ccc3c2nc(CCc2ccncc2)n3C)N1. The maximum absolute atomic E-state index is 4.97. The van der Waals surface area contributed by atoms with Gasteiger partial charge in [0.2, 0.25) is 0 Å². The summed E-state index contributed by atoms with van der Waals surface area (Å²) >= 11 is 0. The van der Waals surface area contributed by atoms with Gasteiger partial charge in [0.15, 0.2) is 0 Å². The van der Waals surface area contributed by atoms with Crippen molar-refractivity contribution >= 4 is 16.7 Å². The normalized spacial score (nSPS) is 17.0. The number of hydrogen-bond acceptors (Lipinski definition) is 3. The minimum absolute atomic E-state index is 0.551. The lowest BCUT2D eigenvalue weighted by Gasteiger charge is -2.24. The van der Waals surface area contributed by atoms with Gasteiger partial charge in [-0.1, -0.05) is 0 Å². The van der Waals surface area contributed by atoms with E-state index in [1.54, 1.807) is 0 Å². The summed E-state index contributed by atoms with van der Waals surface area (Å²) in [5.41, 5.74) is 6.37. The van der Waals surface area contributed by atoms with Gasteiger partial charge in [0.1, 0.15) is 5.82 Å². The number of benzene rings is 1. The number of rotatable bonds is 3. The second-order valence-corrected chi connectivity index (χ2v) is 6.49. The number of anilines is 1. The third-order valence-electron chi connectivity index (χ3n) is 4.87. The quantitative estimate of drug-likeness (QED) is 0.805. The van der Waals surface area contributed by atoms with Crippen LogP contribution in [0.25, 0.3) is 11.0 Å². The lowest BCUT2D eigenvalue weighted by molar-refractivity contribution is 0.683. The van der Waals surface area contributed by atoms with E-state index >= 15 is 0 Å². The predicted octanol–water partition coefficient (Wildman–Crippen LogP) is 3.50. The molecule has 4 nitrogen and oxygen atoms in total. The molecule has 0 saturated carbocycles. The largest absolute Gasteiger partial charge is 0.382 e. The fraction of sp³-hybridized carbons (Fsp3) is 0.368. The Morgan fingerprint density at radius 3 is 2.83 bits per heavy atom. The number of aromatic nitrogens is 3. The van der Waals surface area contributed by atoms with E-state index in [1.165, 1.54) is 34.3 Å². The van der Waals surface area contributed by atoms with Crippen LogP contribution >= 0.6 is 0 Å². The topological polar surface area (TPSA) is 42.7 Å². The lowest BCUT2D eigenvalue weighted by atomic mass is 9.98. The standard InChI is InChI=1S/C19H22N4/c1-13-3-5-15-16(21-13)6-7-17-19(15)22-18(23(17)2)8-4-14-9-11-20-12-10-14/h6-7,9-13,21H,3-5,8H2,1-2H3/t13-/m0/s1. The van der Waals surface area contributed by atoms with Crippen LogP contribution in [0.4, 0.5) is 5.69 Å². The van der Waals surface area contributed by atoms with Gasteiger partial charge in [-0.25, -0.2) is 4.98 Å². The number of imidazole rings is 1. The first-order chi connectivity index (χ1) is 11.2. The Kier molecular flexibility index (Phi) is 3.52. The number of nitrogens with zero attached hydrogens (tertiary/aromatic N) is 3. The molecule has 0 fully saturated rings. The molecule has 0 saturated heterocycles. The zero-order valence-electron chi connectivity index (χ0n) is 13.7. The average molecular weight is 306 g/mol. The molecule has 3 aromatic rings. The van der Waals surface area contributed by atoms with Gasteiger partial charge in [-0.2, -0.15) is 0 Å². The Balaban J connectivity index is 1.67. The van der Waals surface area contributed by atoms with E-state index in [-0.39, 0.29) is 0 Å². The Morgan fingerprint density at radius 1 is 1.17 bits per heavy atom. The summed E-state index contributed by atoms with van der Waals surface area (Å²) in [6.45, 7) is 2.24. The average Bonchev–Trinajstić information content (AvgIpc) is 2.90. The first-order valence-corrected chi connectivity index (χ1v) is 8.35. The smallest absolute Gasteiger partial charge is 0.109 e. The third kappa shape index (κ3) is 2.58. The van der Waals surface area contributed by atoms with Gasteiger partial charge < -0.3 is 9.88 Å². The zero-order chi connectivity index (χ0) is 15.8. The van der Waals surface area contributed by atoms with Crippen molar-refractivity contribution in [3.05, 3.63) is 53.6 Å². The van der Waals surface area contributed by atoms with Crippen molar-refractivity contribution in [3.63, 3.8) is 0 Å². The zero-order valence-corrected chi connectivity index (χ0v) is 13.7.